The molecule has 0 amide bonds. The molecule has 2 nitrogen and oxygen atoms in total. The number of carbonyl (C=O) groups is 1. The van der Waals surface area contributed by atoms with Crippen molar-refractivity contribution >= 4 is 21.9 Å². The molecule has 0 aromatic carbocycles. The lowest BCUT2D eigenvalue weighted by molar-refractivity contribution is -0.145. The van der Waals surface area contributed by atoms with E-state index >= 15 is 0 Å². The van der Waals surface area contributed by atoms with Crippen LogP contribution in [0.4, 0.5) is 0 Å². The van der Waals surface area contributed by atoms with Gasteiger partial charge < -0.3 is 4.74 Å². The number of hydrogen-bond donors (Lipinski definition) is 0. The van der Waals surface area contributed by atoms with Gasteiger partial charge in [-0.15, -0.1) is 0 Å². The third-order valence-electron chi connectivity index (χ3n) is 1.83. The van der Waals surface area contributed by atoms with Crippen LogP contribution in [0.3, 0.4) is 0 Å². The topological polar surface area (TPSA) is 26.3 Å². The van der Waals surface area contributed by atoms with Crippen LogP contribution in [-0.4, -0.2) is 16.9 Å². The predicted octanol–water partition coefficient (Wildman–Crippen LogP) is 3.53. The van der Waals surface area contributed by atoms with Crippen LogP contribution in [0.1, 0.15) is 47.5 Å². The van der Waals surface area contributed by atoms with Gasteiger partial charge in [0.2, 0.25) is 0 Å². The summed E-state index contributed by atoms with van der Waals surface area (Å²) in [6, 6.07) is 0. The molecular formula is C11H21BrO2. The van der Waals surface area contributed by atoms with Crippen molar-refractivity contribution in [3.05, 3.63) is 0 Å². The molecule has 0 N–H and O–H groups in total. The minimum atomic E-state index is -0.103. The van der Waals surface area contributed by atoms with E-state index < -0.39 is 0 Å². The van der Waals surface area contributed by atoms with Crippen molar-refractivity contribution in [3.8, 4) is 0 Å². The maximum absolute atomic E-state index is 11.3. The molecule has 0 fully saturated rings. The molecule has 0 saturated carbocycles. The Hall–Kier alpha value is -0.0500. The maximum Gasteiger partial charge on any atom is 0.306 e. The van der Waals surface area contributed by atoms with Gasteiger partial charge in [0.15, 0.2) is 0 Å². The molecule has 0 aliphatic carbocycles. The molecule has 0 aromatic heterocycles. The molecule has 0 rings (SSSR count). The van der Waals surface area contributed by atoms with Gasteiger partial charge in [-0.1, -0.05) is 43.6 Å². The minimum absolute atomic E-state index is 0.0146. The molecule has 0 saturated heterocycles. The van der Waals surface area contributed by atoms with Crippen molar-refractivity contribution in [1.29, 1.82) is 0 Å². The largest absolute Gasteiger partial charge is 0.466 e. The van der Waals surface area contributed by atoms with Gasteiger partial charge >= 0.3 is 5.97 Å². The maximum atomic E-state index is 11.3. The van der Waals surface area contributed by atoms with E-state index in [1.165, 1.54) is 0 Å². The average molecular weight is 265 g/mol. The molecule has 0 spiro atoms. The molecule has 0 aromatic rings. The molecule has 0 aliphatic heterocycles. The van der Waals surface area contributed by atoms with Crippen LogP contribution < -0.4 is 0 Å². The molecule has 0 atom stereocenters. The van der Waals surface area contributed by atoms with E-state index in [0.29, 0.717) is 13.0 Å². The summed E-state index contributed by atoms with van der Waals surface area (Å²) in [5, 5.41) is 0. The van der Waals surface area contributed by atoms with Gasteiger partial charge in [0.1, 0.15) is 0 Å². The summed E-state index contributed by atoms with van der Waals surface area (Å²) in [6.45, 7) is 10.7. The first kappa shape index (κ1) is 13.9. The Kier molecular flexibility index (Phi) is 5.13. The number of ether oxygens (including phenoxy) is 1. The molecule has 0 bridgehead atoms. The third kappa shape index (κ3) is 7.36. The lowest BCUT2D eigenvalue weighted by atomic mass is 9.81. The van der Waals surface area contributed by atoms with E-state index in [9.17, 15) is 4.79 Å². The van der Waals surface area contributed by atoms with Gasteiger partial charge in [-0.2, -0.15) is 0 Å². The van der Waals surface area contributed by atoms with E-state index in [1.54, 1.807) is 0 Å². The van der Waals surface area contributed by atoms with Gasteiger partial charge in [-0.3, -0.25) is 4.79 Å². The number of esters is 1. The fourth-order valence-corrected chi connectivity index (χ4v) is 2.56. The highest BCUT2D eigenvalue weighted by Gasteiger charge is 2.29. The Bertz CT molecular complexity index is 192. The summed E-state index contributed by atoms with van der Waals surface area (Å²) in [6.07, 6.45) is 1.43. The zero-order valence-electron chi connectivity index (χ0n) is 9.82. The summed E-state index contributed by atoms with van der Waals surface area (Å²) in [5.41, 5.74) is -0.0146. The van der Waals surface area contributed by atoms with E-state index in [0.717, 1.165) is 6.42 Å². The Balaban J connectivity index is 4.13. The zero-order chi connectivity index (χ0) is 11.4. The normalized spacial score (nSPS) is 12.7. The van der Waals surface area contributed by atoms with Crippen molar-refractivity contribution in [2.24, 2.45) is 5.41 Å². The molecule has 0 aliphatic rings. The van der Waals surface area contributed by atoms with Gasteiger partial charge in [0.25, 0.3) is 0 Å². The molecule has 0 heterocycles. The minimum Gasteiger partial charge on any atom is -0.466 e. The quantitative estimate of drug-likeness (QED) is 0.561. The van der Waals surface area contributed by atoms with Gasteiger partial charge in [0.05, 0.1) is 13.0 Å². The first-order valence-corrected chi connectivity index (χ1v) is 5.80. The summed E-state index contributed by atoms with van der Waals surface area (Å²) < 4.78 is 5.01. The van der Waals surface area contributed by atoms with Crippen LogP contribution in [0.15, 0.2) is 0 Å². The second-order valence-electron chi connectivity index (χ2n) is 5.04. The summed E-state index contributed by atoms with van der Waals surface area (Å²) in [7, 11) is 0. The first-order chi connectivity index (χ1) is 6.16. The highest BCUT2D eigenvalue weighted by atomic mass is 79.9. The zero-order valence-corrected chi connectivity index (χ0v) is 11.4. The lowest BCUT2D eigenvalue weighted by Gasteiger charge is -2.30. The SMILES string of the molecule is CCOC(=O)CC(C)(C)CC(C)(C)Br. The molecule has 0 unspecified atom stereocenters. The number of carbonyl (C=O) groups excluding carboxylic acids is 1. The highest BCUT2D eigenvalue weighted by Crippen LogP contribution is 2.35. The number of alkyl halides is 1. The van der Waals surface area contributed by atoms with Crippen LogP contribution in [-0.2, 0) is 9.53 Å². The number of halogens is 1. The van der Waals surface area contributed by atoms with E-state index in [1.807, 2.05) is 6.92 Å². The van der Waals surface area contributed by atoms with Crippen LogP contribution >= 0.6 is 15.9 Å². The lowest BCUT2D eigenvalue weighted by Crippen LogP contribution is -2.26. The van der Waals surface area contributed by atoms with Crippen molar-refractivity contribution in [1.82, 2.24) is 0 Å². The van der Waals surface area contributed by atoms with E-state index in [-0.39, 0.29) is 15.7 Å². The van der Waals surface area contributed by atoms with Gasteiger partial charge in [0, 0.05) is 4.32 Å². The van der Waals surface area contributed by atoms with Crippen molar-refractivity contribution < 1.29 is 9.53 Å². The summed E-state index contributed by atoms with van der Waals surface area (Å²) in [4.78, 5) is 11.3. The van der Waals surface area contributed by atoms with Gasteiger partial charge in [-0.05, 0) is 18.8 Å². The first-order valence-electron chi connectivity index (χ1n) is 5.01. The third-order valence-corrected chi connectivity index (χ3v) is 2.11. The van der Waals surface area contributed by atoms with Crippen LogP contribution in [0, 0.1) is 5.41 Å². The Morgan fingerprint density at radius 2 is 1.79 bits per heavy atom. The summed E-state index contributed by atoms with van der Waals surface area (Å²) >= 11 is 3.59. The highest BCUT2D eigenvalue weighted by molar-refractivity contribution is 9.10. The molecule has 3 heteroatoms. The standard InChI is InChI=1S/C11H21BrO2/c1-6-14-9(13)7-10(2,3)8-11(4,5)12/h6-8H2,1-5H3. The number of rotatable bonds is 5. The van der Waals surface area contributed by atoms with E-state index in [4.69, 9.17) is 4.74 Å². The van der Waals surface area contributed by atoms with Crippen molar-refractivity contribution in [3.63, 3.8) is 0 Å². The molecular weight excluding hydrogens is 244 g/mol. The second kappa shape index (κ2) is 5.15. The Morgan fingerprint density at radius 3 is 2.14 bits per heavy atom. The van der Waals surface area contributed by atoms with Crippen LogP contribution in [0.2, 0.25) is 0 Å². The number of hydrogen-bond acceptors (Lipinski definition) is 2. The van der Waals surface area contributed by atoms with Crippen LogP contribution in [0.25, 0.3) is 0 Å². The fourth-order valence-electron chi connectivity index (χ4n) is 1.80. The molecule has 14 heavy (non-hydrogen) atoms. The monoisotopic (exact) mass is 264 g/mol. The Labute approximate surface area is 95.5 Å². The fraction of sp³-hybridized carbons (Fsp3) is 0.909. The second-order valence-corrected chi connectivity index (χ2v) is 7.19. The molecule has 84 valence electrons. The van der Waals surface area contributed by atoms with Crippen molar-refractivity contribution in [2.45, 2.75) is 51.8 Å². The van der Waals surface area contributed by atoms with E-state index in [2.05, 4.69) is 43.6 Å². The average Bonchev–Trinajstić information content (AvgIpc) is 1.78. The Morgan fingerprint density at radius 1 is 1.29 bits per heavy atom. The van der Waals surface area contributed by atoms with Crippen molar-refractivity contribution in [2.75, 3.05) is 6.61 Å². The predicted molar refractivity (Wildman–Crippen MR) is 62.7 cm³/mol. The van der Waals surface area contributed by atoms with Gasteiger partial charge in [-0.25, -0.2) is 0 Å². The summed E-state index contributed by atoms with van der Waals surface area (Å²) in [5.74, 6) is -0.103. The molecule has 0 radical (unpaired) electrons. The smallest absolute Gasteiger partial charge is 0.306 e. The van der Waals surface area contributed by atoms with Crippen LogP contribution in [0.5, 0.6) is 0 Å².